The molecule has 0 aromatic heterocycles. The predicted molar refractivity (Wildman–Crippen MR) is 44.4 cm³/mol. The number of hydrogen-bond acceptors (Lipinski definition) is 9. The third kappa shape index (κ3) is 1.45. The maximum absolute atomic E-state index is 10.7. The normalized spacial score (nSPS) is 47.7. The average molecular weight is 258 g/mol. The summed E-state index contributed by atoms with van der Waals surface area (Å²) < 4.78 is 21.4. The monoisotopic (exact) mass is 258 g/mol. The van der Waals surface area contributed by atoms with Crippen LogP contribution in [0.25, 0.3) is 0 Å². The van der Waals surface area contributed by atoms with Gasteiger partial charge < -0.3 is 35.7 Å². The second kappa shape index (κ2) is 3.83. The topological polar surface area (TPSA) is 176 Å². The molecule has 0 radical (unpaired) electrons. The van der Waals surface area contributed by atoms with E-state index in [2.05, 4.69) is 0 Å². The van der Waals surface area contributed by atoms with E-state index in [4.69, 9.17) is 15.3 Å². The second-order valence-electron chi connectivity index (χ2n) is 3.58. The molecule has 0 aliphatic heterocycles. The summed E-state index contributed by atoms with van der Waals surface area (Å²) in [6, 6.07) is 0. The Balaban J connectivity index is 3.36. The summed E-state index contributed by atoms with van der Waals surface area (Å²) >= 11 is 0. The Morgan fingerprint density at radius 1 is 0.812 bits per heavy atom. The SMILES string of the molecule is O=P(=O)[C@@]1(O)[C@@H](O)[C@H](O)[C@@H](O)[C@@H](O)C1(O)O. The molecule has 1 fully saturated rings. The van der Waals surface area contributed by atoms with E-state index in [1.807, 2.05) is 0 Å². The molecule has 5 atom stereocenters. The molecule has 0 saturated heterocycles. The van der Waals surface area contributed by atoms with Gasteiger partial charge in [0, 0.05) is 0 Å². The lowest BCUT2D eigenvalue weighted by molar-refractivity contribution is -0.359. The van der Waals surface area contributed by atoms with Crippen LogP contribution in [0.4, 0.5) is 0 Å². The average Bonchev–Trinajstić information content (AvgIpc) is 2.21. The van der Waals surface area contributed by atoms with Crippen molar-refractivity contribution in [1.29, 1.82) is 0 Å². The molecule has 94 valence electrons. The first-order valence-corrected chi connectivity index (χ1v) is 5.30. The van der Waals surface area contributed by atoms with Crippen molar-refractivity contribution in [3.63, 3.8) is 0 Å². The van der Waals surface area contributed by atoms with Crippen LogP contribution in [-0.4, -0.2) is 71.3 Å². The van der Waals surface area contributed by atoms with Crippen LogP contribution in [0.5, 0.6) is 0 Å². The number of hydrogen-bond donors (Lipinski definition) is 7. The van der Waals surface area contributed by atoms with Gasteiger partial charge in [0.1, 0.15) is 24.4 Å². The Kier molecular flexibility index (Phi) is 3.27. The predicted octanol–water partition coefficient (Wildman–Crippen LogP) is -4.01. The second-order valence-corrected chi connectivity index (χ2v) is 4.78. The molecule has 0 spiro atoms. The maximum atomic E-state index is 10.7. The molecule has 16 heavy (non-hydrogen) atoms. The van der Waals surface area contributed by atoms with Gasteiger partial charge in [0.25, 0.3) is 5.34 Å². The van der Waals surface area contributed by atoms with Crippen LogP contribution in [-0.2, 0) is 9.13 Å². The summed E-state index contributed by atoms with van der Waals surface area (Å²) in [5, 5.41) is 60.9. The van der Waals surface area contributed by atoms with Gasteiger partial charge in [-0.25, -0.2) is 9.13 Å². The Morgan fingerprint density at radius 3 is 1.56 bits per heavy atom. The summed E-state index contributed by atoms with van der Waals surface area (Å²) in [5.41, 5.74) is 0. The Hall–Kier alpha value is -0.380. The first-order valence-electron chi connectivity index (χ1n) is 4.12. The van der Waals surface area contributed by atoms with Gasteiger partial charge in [-0.1, -0.05) is 0 Å². The summed E-state index contributed by atoms with van der Waals surface area (Å²) in [6.45, 7) is 0. The first-order chi connectivity index (χ1) is 7.08. The van der Waals surface area contributed by atoms with Gasteiger partial charge in [0.15, 0.2) is 0 Å². The van der Waals surface area contributed by atoms with Crippen LogP contribution in [0.3, 0.4) is 0 Å². The molecular formula is C6H11O9P. The minimum atomic E-state index is -4.03. The van der Waals surface area contributed by atoms with E-state index < -0.39 is 43.2 Å². The van der Waals surface area contributed by atoms with Crippen molar-refractivity contribution < 1.29 is 44.9 Å². The zero-order chi connectivity index (χ0) is 12.9. The highest BCUT2D eigenvalue weighted by atomic mass is 31.1. The Bertz CT molecular complexity index is 344. The molecule has 7 N–H and O–H groups in total. The van der Waals surface area contributed by atoms with Crippen LogP contribution in [0.1, 0.15) is 0 Å². The number of aliphatic hydroxyl groups excluding tert-OH is 4. The van der Waals surface area contributed by atoms with Crippen molar-refractivity contribution in [2.24, 2.45) is 0 Å². The summed E-state index contributed by atoms with van der Waals surface area (Å²) in [4.78, 5) is 0. The lowest BCUT2D eigenvalue weighted by atomic mass is 9.81. The minimum Gasteiger partial charge on any atom is -0.387 e. The van der Waals surface area contributed by atoms with Gasteiger partial charge in [-0.2, -0.15) is 0 Å². The highest BCUT2D eigenvalue weighted by molar-refractivity contribution is 7.32. The van der Waals surface area contributed by atoms with E-state index in [1.165, 1.54) is 0 Å². The standard InChI is InChI=1S/C6H11O9P/c7-1-2(8)4(10)6(13,16(14)15)5(11,12)3(1)9/h1-4,7-13H/t1-,2-,3-,4+,6+/m1/s1. The van der Waals surface area contributed by atoms with Crippen LogP contribution in [0.2, 0.25) is 0 Å². The fraction of sp³-hybridized carbons (Fsp3) is 1.00. The fourth-order valence-electron chi connectivity index (χ4n) is 1.53. The maximum Gasteiger partial charge on any atom is 0.356 e. The first kappa shape index (κ1) is 13.7. The van der Waals surface area contributed by atoms with Crippen molar-refractivity contribution in [3.8, 4) is 0 Å². The van der Waals surface area contributed by atoms with E-state index in [0.717, 1.165) is 0 Å². The van der Waals surface area contributed by atoms with Gasteiger partial charge in [-0.3, -0.25) is 0 Å². The molecule has 1 saturated carbocycles. The molecule has 0 unspecified atom stereocenters. The quantitative estimate of drug-likeness (QED) is 0.182. The van der Waals surface area contributed by atoms with E-state index in [-0.39, 0.29) is 0 Å². The molecule has 0 aromatic rings. The van der Waals surface area contributed by atoms with E-state index in [0.29, 0.717) is 0 Å². The molecule has 1 aliphatic carbocycles. The van der Waals surface area contributed by atoms with Crippen LogP contribution >= 0.6 is 7.68 Å². The molecule has 0 heterocycles. The summed E-state index contributed by atoms with van der Waals surface area (Å²) in [6.07, 6.45) is -9.62. The molecule has 0 aromatic carbocycles. The minimum absolute atomic E-state index is 2.22. The third-order valence-corrected chi connectivity index (χ3v) is 3.79. The van der Waals surface area contributed by atoms with Gasteiger partial charge in [-0.15, -0.1) is 0 Å². The van der Waals surface area contributed by atoms with Gasteiger partial charge in [-0.05, 0) is 0 Å². The summed E-state index contributed by atoms with van der Waals surface area (Å²) in [5.74, 6) is -3.71. The fourth-order valence-corrected chi connectivity index (χ4v) is 2.30. The molecule has 1 aliphatic rings. The van der Waals surface area contributed by atoms with Crippen molar-refractivity contribution in [3.05, 3.63) is 0 Å². The van der Waals surface area contributed by atoms with Crippen LogP contribution in [0, 0.1) is 0 Å². The molecular weight excluding hydrogens is 247 g/mol. The van der Waals surface area contributed by atoms with E-state index >= 15 is 0 Å². The highest BCUT2D eigenvalue weighted by Crippen LogP contribution is 2.46. The lowest BCUT2D eigenvalue weighted by Gasteiger charge is -2.48. The van der Waals surface area contributed by atoms with E-state index in [1.54, 1.807) is 0 Å². The van der Waals surface area contributed by atoms with Crippen molar-refractivity contribution in [1.82, 2.24) is 0 Å². The van der Waals surface area contributed by atoms with Crippen LogP contribution < -0.4 is 0 Å². The van der Waals surface area contributed by atoms with Gasteiger partial charge in [0.2, 0.25) is 5.79 Å². The molecule has 9 nitrogen and oxygen atoms in total. The molecule has 0 bridgehead atoms. The molecule has 0 amide bonds. The molecule has 10 heteroatoms. The zero-order valence-corrected chi connectivity index (χ0v) is 8.60. The highest BCUT2D eigenvalue weighted by Gasteiger charge is 2.70. The zero-order valence-electron chi connectivity index (χ0n) is 7.70. The van der Waals surface area contributed by atoms with Crippen molar-refractivity contribution in [2.45, 2.75) is 35.5 Å². The number of rotatable bonds is 1. The third-order valence-electron chi connectivity index (χ3n) is 2.64. The lowest BCUT2D eigenvalue weighted by Crippen LogP contribution is -2.75. The largest absolute Gasteiger partial charge is 0.387 e. The smallest absolute Gasteiger partial charge is 0.356 e. The van der Waals surface area contributed by atoms with Crippen LogP contribution in [0.15, 0.2) is 0 Å². The number of aliphatic hydroxyl groups is 7. The summed E-state index contributed by atoms with van der Waals surface area (Å²) in [7, 11) is -4.03. The Morgan fingerprint density at radius 2 is 1.19 bits per heavy atom. The molecule has 1 rings (SSSR count). The van der Waals surface area contributed by atoms with Gasteiger partial charge in [0.05, 0.1) is 0 Å². The van der Waals surface area contributed by atoms with Crippen molar-refractivity contribution >= 4 is 7.68 Å². The van der Waals surface area contributed by atoms with E-state index in [9.17, 15) is 29.6 Å². The van der Waals surface area contributed by atoms with Crippen molar-refractivity contribution in [2.75, 3.05) is 0 Å². The van der Waals surface area contributed by atoms with Gasteiger partial charge >= 0.3 is 7.68 Å². The Labute approximate surface area is 89.0 Å².